The van der Waals surface area contributed by atoms with Crippen LogP contribution in [0.15, 0.2) is 18.3 Å². The Morgan fingerprint density at radius 1 is 1.57 bits per heavy atom. The van der Waals surface area contributed by atoms with Gasteiger partial charge in [0, 0.05) is 25.6 Å². The molecule has 1 aromatic heterocycles. The van der Waals surface area contributed by atoms with E-state index in [0.717, 1.165) is 38.7 Å². The molecule has 1 saturated heterocycles. The number of Topliss-reactive ketones (excluding diaryl/α,β-unsaturated/α-hetero) is 1. The molecule has 1 aliphatic heterocycles. The largest absolute Gasteiger partial charge is 0.377 e. The Hall–Kier alpha value is -1.33. The number of halogens is 1. The third-order valence-corrected chi connectivity index (χ3v) is 3.82. The normalized spacial score (nSPS) is 21.2. The molecule has 2 unspecified atom stereocenters. The highest BCUT2D eigenvalue weighted by Gasteiger charge is 2.24. The first-order valence-corrected chi connectivity index (χ1v) is 7.60. The van der Waals surface area contributed by atoms with Crippen molar-refractivity contribution in [2.45, 2.75) is 32.8 Å². The number of hydrogen-bond donors (Lipinski definition) is 0. The highest BCUT2D eigenvalue weighted by atomic mass is 19.1. The summed E-state index contributed by atoms with van der Waals surface area (Å²) in [5, 5.41) is 0. The molecule has 0 aromatic carbocycles. The Morgan fingerprint density at radius 3 is 3.05 bits per heavy atom. The summed E-state index contributed by atoms with van der Waals surface area (Å²) in [5.41, 5.74) is 0.335. The summed E-state index contributed by atoms with van der Waals surface area (Å²) in [6.07, 6.45) is 3.55. The molecule has 0 spiro atoms. The van der Waals surface area contributed by atoms with Crippen molar-refractivity contribution in [1.29, 1.82) is 0 Å². The molecule has 116 valence electrons. The lowest BCUT2D eigenvalue weighted by atomic mass is 10.0. The van der Waals surface area contributed by atoms with Crippen molar-refractivity contribution < 1.29 is 13.9 Å². The van der Waals surface area contributed by atoms with Gasteiger partial charge in [-0.1, -0.05) is 6.92 Å². The van der Waals surface area contributed by atoms with Crippen LogP contribution in [0.25, 0.3) is 0 Å². The number of ether oxygens (including phenoxy) is 1. The van der Waals surface area contributed by atoms with Crippen LogP contribution in [0.1, 0.15) is 37.2 Å². The van der Waals surface area contributed by atoms with Crippen LogP contribution in [0, 0.1) is 11.7 Å². The fraction of sp³-hybridized carbons (Fsp3) is 0.625. The molecule has 0 N–H and O–H groups in total. The van der Waals surface area contributed by atoms with Gasteiger partial charge in [-0.05, 0) is 38.4 Å². The molecule has 0 aliphatic carbocycles. The summed E-state index contributed by atoms with van der Waals surface area (Å²) < 4.78 is 18.5. The third kappa shape index (κ3) is 4.58. The quantitative estimate of drug-likeness (QED) is 0.756. The second kappa shape index (κ2) is 7.61. The van der Waals surface area contributed by atoms with Gasteiger partial charge >= 0.3 is 0 Å². The molecule has 2 atom stereocenters. The summed E-state index contributed by atoms with van der Waals surface area (Å²) in [4.78, 5) is 18.4. The minimum absolute atomic E-state index is 0.0338. The van der Waals surface area contributed by atoms with E-state index in [2.05, 4.69) is 9.88 Å². The average Bonchev–Trinajstić information content (AvgIpc) is 2.48. The molecular weight excluding hydrogens is 271 g/mol. The minimum atomic E-state index is -0.421. The molecule has 1 aromatic rings. The molecular formula is C16H23FN2O2. The maximum atomic E-state index is 12.8. The highest BCUT2D eigenvalue weighted by Crippen LogP contribution is 2.16. The van der Waals surface area contributed by atoms with Gasteiger partial charge in [0.1, 0.15) is 11.5 Å². The molecule has 0 radical (unpaired) electrons. The number of hydrogen-bond acceptors (Lipinski definition) is 4. The van der Waals surface area contributed by atoms with E-state index in [1.54, 1.807) is 0 Å². The predicted molar refractivity (Wildman–Crippen MR) is 78.8 cm³/mol. The van der Waals surface area contributed by atoms with E-state index in [1.165, 1.54) is 12.1 Å². The van der Waals surface area contributed by atoms with Crippen molar-refractivity contribution in [3.05, 3.63) is 29.8 Å². The first-order valence-electron chi connectivity index (χ1n) is 7.60. The standard InChI is InChI=1S/C16H23FN2O2/c1-3-21-14-5-4-8-19(11-14)10-12(2)16(20)15-7-6-13(17)9-18-15/h6-7,9,12,14H,3-5,8,10-11H2,1-2H3. The summed E-state index contributed by atoms with van der Waals surface area (Å²) in [7, 11) is 0. The van der Waals surface area contributed by atoms with Crippen molar-refractivity contribution in [1.82, 2.24) is 9.88 Å². The topological polar surface area (TPSA) is 42.4 Å². The minimum Gasteiger partial charge on any atom is -0.377 e. The number of pyridine rings is 1. The van der Waals surface area contributed by atoms with Crippen molar-refractivity contribution in [2.75, 3.05) is 26.2 Å². The summed E-state index contributed by atoms with van der Waals surface area (Å²) in [5.74, 6) is -0.605. The third-order valence-electron chi connectivity index (χ3n) is 3.82. The summed E-state index contributed by atoms with van der Waals surface area (Å²) >= 11 is 0. The van der Waals surface area contributed by atoms with Crippen LogP contribution in [0.5, 0.6) is 0 Å². The molecule has 21 heavy (non-hydrogen) atoms. The molecule has 0 amide bonds. The van der Waals surface area contributed by atoms with E-state index < -0.39 is 5.82 Å². The molecule has 4 nitrogen and oxygen atoms in total. The molecule has 0 bridgehead atoms. The van der Waals surface area contributed by atoms with Gasteiger partial charge in [-0.3, -0.25) is 9.78 Å². The Balaban J connectivity index is 1.89. The molecule has 1 fully saturated rings. The lowest BCUT2D eigenvalue weighted by Crippen LogP contribution is -2.42. The van der Waals surface area contributed by atoms with Gasteiger partial charge in [-0.2, -0.15) is 0 Å². The molecule has 0 saturated carbocycles. The average molecular weight is 294 g/mol. The van der Waals surface area contributed by atoms with Crippen LogP contribution < -0.4 is 0 Å². The smallest absolute Gasteiger partial charge is 0.185 e. The Morgan fingerprint density at radius 2 is 2.38 bits per heavy atom. The zero-order valence-corrected chi connectivity index (χ0v) is 12.7. The van der Waals surface area contributed by atoms with E-state index >= 15 is 0 Å². The van der Waals surface area contributed by atoms with Gasteiger partial charge in [-0.25, -0.2) is 4.39 Å². The molecule has 2 rings (SSSR count). The van der Waals surface area contributed by atoms with Crippen molar-refractivity contribution in [3.8, 4) is 0 Å². The number of piperidine rings is 1. The van der Waals surface area contributed by atoms with E-state index in [4.69, 9.17) is 4.74 Å². The van der Waals surface area contributed by atoms with Gasteiger partial charge in [0.15, 0.2) is 5.78 Å². The number of nitrogens with zero attached hydrogens (tertiary/aromatic N) is 2. The molecule has 2 heterocycles. The first-order chi connectivity index (χ1) is 10.1. The number of aromatic nitrogens is 1. The second-order valence-electron chi connectivity index (χ2n) is 5.61. The zero-order valence-electron chi connectivity index (χ0n) is 12.7. The number of carbonyl (C=O) groups is 1. The first kappa shape index (κ1) is 16.0. The second-order valence-corrected chi connectivity index (χ2v) is 5.61. The van der Waals surface area contributed by atoms with Gasteiger partial charge < -0.3 is 9.64 Å². The lowest BCUT2D eigenvalue weighted by molar-refractivity contribution is 0.00282. The van der Waals surface area contributed by atoms with Crippen LogP contribution >= 0.6 is 0 Å². The van der Waals surface area contributed by atoms with Gasteiger partial charge in [0.2, 0.25) is 0 Å². The Kier molecular flexibility index (Phi) is 5.82. The van der Waals surface area contributed by atoms with Crippen LogP contribution in [0.4, 0.5) is 4.39 Å². The number of rotatable bonds is 6. The maximum Gasteiger partial charge on any atom is 0.185 e. The fourth-order valence-corrected chi connectivity index (χ4v) is 2.79. The van der Waals surface area contributed by atoms with Crippen LogP contribution in [0.2, 0.25) is 0 Å². The van der Waals surface area contributed by atoms with Gasteiger partial charge in [0.25, 0.3) is 0 Å². The predicted octanol–water partition coefficient (Wildman–Crippen LogP) is 2.54. The number of carbonyl (C=O) groups excluding carboxylic acids is 1. The van der Waals surface area contributed by atoms with Crippen LogP contribution in [0.3, 0.4) is 0 Å². The highest BCUT2D eigenvalue weighted by molar-refractivity contribution is 5.95. The van der Waals surface area contributed by atoms with E-state index in [-0.39, 0.29) is 17.8 Å². The zero-order chi connectivity index (χ0) is 15.2. The summed E-state index contributed by atoms with van der Waals surface area (Å²) in [6, 6.07) is 2.73. The van der Waals surface area contributed by atoms with Crippen molar-refractivity contribution in [2.24, 2.45) is 5.92 Å². The Labute approximate surface area is 125 Å². The van der Waals surface area contributed by atoms with Crippen LogP contribution in [-0.4, -0.2) is 48.0 Å². The summed E-state index contributed by atoms with van der Waals surface area (Å²) in [6.45, 7) is 7.21. The lowest BCUT2D eigenvalue weighted by Gasteiger charge is -2.33. The molecule has 1 aliphatic rings. The van der Waals surface area contributed by atoms with E-state index in [0.29, 0.717) is 12.2 Å². The maximum absolute atomic E-state index is 12.8. The van der Waals surface area contributed by atoms with E-state index in [9.17, 15) is 9.18 Å². The van der Waals surface area contributed by atoms with Gasteiger partial charge in [0.05, 0.1) is 12.3 Å². The number of likely N-dealkylation sites (tertiary alicyclic amines) is 1. The SMILES string of the molecule is CCOC1CCCN(CC(C)C(=O)c2ccc(F)cn2)C1. The van der Waals surface area contributed by atoms with Crippen molar-refractivity contribution >= 4 is 5.78 Å². The molecule has 5 heteroatoms. The van der Waals surface area contributed by atoms with Crippen molar-refractivity contribution in [3.63, 3.8) is 0 Å². The van der Waals surface area contributed by atoms with Crippen LogP contribution in [-0.2, 0) is 4.74 Å². The Bertz CT molecular complexity index is 462. The monoisotopic (exact) mass is 294 g/mol. The van der Waals surface area contributed by atoms with Gasteiger partial charge in [-0.15, -0.1) is 0 Å². The fourth-order valence-electron chi connectivity index (χ4n) is 2.79. The van der Waals surface area contributed by atoms with E-state index in [1.807, 2.05) is 13.8 Å². The number of ketones is 1.